The number of methoxy groups -OCH3 is 1. The Kier molecular flexibility index (Phi) is 6.83. The van der Waals surface area contributed by atoms with Crippen molar-refractivity contribution in [2.24, 2.45) is 10.9 Å². The molecule has 0 aromatic heterocycles. The third-order valence-corrected chi connectivity index (χ3v) is 5.60. The van der Waals surface area contributed by atoms with Crippen molar-refractivity contribution in [2.45, 2.75) is 51.3 Å². The van der Waals surface area contributed by atoms with Crippen LogP contribution in [0.2, 0.25) is 0 Å². The van der Waals surface area contributed by atoms with Gasteiger partial charge < -0.3 is 15.2 Å². The van der Waals surface area contributed by atoms with Gasteiger partial charge in [-0.15, -0.1) is 0 Å². The summed E-state index contributed by atoms with van der Waals surface area (Å²) in [5.41, 5.74) is 0.804. The first-order valence-corrected chi connectivity index (χ1v) is 10.4. The Morgan fingerprint density at radius 3 is 2.52 bits per heavy atom. The topological polar surface area (TPSA) is 70.9 Å². The van der Waals surface area contributed by atoms with Crippen molar-refractivity contribution in [3.05, 3.63) is 58.4 Å². The highest BCUT2D eigenvalue weighted by Gasteiger charge is 2.42. The maximum absolute atomic E-state index is 13.9. The number of aliphatic imine (C=N–C) groups is 1. The number of carbonyl (C=O) groups is 1. The van der Waals surface area contributed by atoms with E-state index in [4.69, 9.17) is 4.74 Å². The number of ether oxygens (including phenoxy) is 1. The van der Waals surface area contributed by atoms with Crippen molar-refractivity contribution < 1.29 is 32.2 Å². The highest BCUT2D eigenvalue weighted by molar-refractivity contribution is 5.96. The second kappa shape index (κ2) is 9.13. The number of amides is 2. The smallest absolute Gasteiger partial charge is 0.418 e. The molecule has 2 amide bonds. The predicted molar refractivity (Wildman–Crippen MR) is 118 cm³/mol. The summed E-state index contributed by atoms with van der Waals surface area (Å²) >= 11 is 0. The quantitative estimate of drug-likeness (QED) is 0.446. The molecule has 5 nitrogen and oxygen atoms in total. The lowest BCUT2D eigenvalue weighted by Gasteiger charge is -2.25. The number of aliphatic hydroxyl groups excluding tert-OH is 1. The minimum absolute atomic E-state index is 0.0360. The van der Waals surface area contributed by atoms with Crippen molar-refractivity contribution in [1.82, 2.24) is 0 Å². The first-order chi connectivity index (χ1) is 15.3. The number of benzene rings is 2. The number of nitrogens with one attached hydrogen (secondary N) is 1. The van der Waals surface area contributed by atoms with Crippen LogP contribution >= 0.6 is 0 Å². The number of alkyl halides is 3. The Morgan fingerprint density at radius 1 is 1.24 bits per heavy atom. The van der Waals surface area contributed by atoms with Crippen molar-refractivity contribution >= 4 is 17.9 Å². The molecule has 1 aliphatic carbocycles. The zero-order valence-corrected chi connectivity index (χ0v) is 18.8. The summed E-state index contributed by atoms with van der Waals surface area (Å²) in [6.07, 6.45) is -5.35. The van der Waals surface area contributed by atoms with E-state index in [0.717, 1.165) is 12.7 Å². The fourth-order valence-corrected chi connectivity index (χ4v) is 3.85. The largest absolute Gasteiger partial charge is 0.494 e. The summed E-state index contributed by atoms with van der Waals surface area (Å²) < 4.78 is 58.8. The number of anilines is 1. The van der Waals surface area contributed by atoms with Crippen LogP contribution in [0, 0.1) is 11.7 Å². The minimum atomic E-state index is -4.92. The van der Waals surface area contributed by atoms with Gasteiger partial charge in [0, 0.05) is 17.7 Å². The van der Waals surface area contributed by atoms with Crippen LogP contribution < -0.4 is 10.1 Å². The summed E-state index contributed by atoms with van der Waals surface area (Å²) in [5, 5.41) is 12.4. The minimum Gasteiger partial charge on any atom is -0.494 e. The van der Waals surface area contributed by atoms with Crippen molar-refractivity contribution in [1.29, 1.82) is 0 Å². The van der Waals surface area contributed by atoms with E-state index in [-0.39, 0.29) is 23.2 Å². The molecule has 33 heavy (non-hydrogen) atoms. The third-order valence-electron chi connectivity index (χ3n) is 5.60. The van der Waals surface area contributed by atoms with Crippen LogP contribution in [0.15, 0.2) is 35.3 Å². The molecule has 0 heterocycles. The molecule has 0 bridgehead atoms. The first kappa shape index (κ1) is 24.7. The summed E-state index contributed by atoms with van der Waals surface area (Å²) in [4.78, 5) is 16.4. The van der Waals surface area contributed by atoms with Gasteiger partial charge in [-0.2, -0.15) is 13.2 Å². The Morgan fingerprint density at radius 2 is 1.94 bits per heavy atom. The number of hydrogen-bond acceptors (Lipinski definition) is 3. The Balaban J connectivity index is 1.87. The average molecular weight is 466 g/mol. The zero-order chi connectivity index (χ0) is 24.6. The lowest BCUT2D eigenvalue weighted by Crippen LogP contribution is -2.23. The fourth-order valence-electron chi connectivity index (χ4n) is 3.85. The molecule has 1 unspecified atom stereocenters. The molecule has 2 N–H and O–H groups in total. The molecule has 2 aromatic rings. The molecule has 0 saturated heterocycles. The van der Waals surface area contributed by atoms with Gasteiger partial charge in [0.05, 0.1) is 12.8 Å². The van der Waals surface area contributed by atoms with Crippen molar-refractivity contribution in [3.8, 4) is 5.75 Å². The Hall–Kier alpha value is -2.94. The molecule has 0 radical (unpaired) electrons. The van der Waals surface area contributed by atoms with Crippen LogP contribution in [-0.4, -0.2) is 30.6 Å². The fraction of sp³-hybridized carbons (Fsp3) is 0.417. The number of halogens is 4. The van der Waals surface area contributed by atoms with E-state index in [9.17, 15) is 27.5 Å². The summed E-state index contributed by atoms with van der Waals surface area (Å²) in [7, 11) is 1.15. The second-order valence-corrected chi connectivity index (χ2v) is 9.09. The monoisotopic (exact) mass is 466 g/mol. The van der Waals surface area contributed by atoms with Crippen LogP contribution in [0.1, 0.15) is 49.1 Å². The van der Waals surface area contributed by atoms with E-state index >= 15 is 0 Å². The SMILES string of the molecule is COc1c(NC(=O)N=CC2Cc3cccc(F)c3C2)cc(C(C)(C)C)cc1[C@@H](O)C(F)(F)F. The molecular formula is C24H26F4N2O3. The summed E-state index contributed by atoms with van der Waals surface area (Å²) in [5.74, 6) is -0.771. The normalized spacial score (nSPS) is 17.2. The maximum atomic E-state index is 13.9. The van der Waals surface area contributed by atoms with Gasteiger partial charge >= 0.3 is 12.2 Å². The van der Waals surface area contributed by atoms with E-state index < -0.39 is 29.3 Å². The first-order valence-electron chi connectivity index (χ1n) is 10.4. The van der Waals surface area contributed by atoms with E-state index in [1.54, 1.807) is 26.8 Å². The van der Waals surface area contributed by atoms with Gasteiger partial charge in [0.2, 0.25) is 0 Å². The molecule has 2 atom stereocenters. The highest BCUT2D eigenvalue weighted by Crippen LogP contribution is 2.43. The average Bonchev–Trinajstić information content (AvgIpc) is 3.14. The number of fused-ring (bicyclic) bond motifs is 1. The van der Waals surface area contributed by atoms with Gasteiger partial charge in [-0.1, -0.05) is 32.9 Å². The molecule has 178 valence electrons. The van der Waals surface area contributed by atoms with E-state index in [1.165, 1.54) is 24.4 Å². The number of urea groups is 1. The number of rotatable bonds is 4. The Bertz CT molecular complexity index is 1070. The van der Waals surface area contributed by atoms with Crippen LogP contribution in [-0.2, 0) is 18.3 Å². The van der Waals surface area contributed by atoms with E-state index in [2.05, 4.69) is 10.3 Å². The van der Waals surface area contributed by atoms with Gasteiger partial charge in [0.1, 0.15) is 11.6 Å². The molecule has 0 saturated carbocycles. The van der Waals surface area contributed by atoms with E-state index in [1.807, 2.05) is 6.07 Å². The molecule has 0 spiro atoms. The van der Waals surface area contributed by atoms with Gasteiger partial charge in [0.25, 0.3) is 0 Å². The lowest BCUT2D eigenvalue weighted by molar-refractivity contribution is -0.207. The lowest BCUT2D eigenvalue weighted by atomic mass is 9.84. The van der Waals surface area contributed by atoms with Crippen LogP contribution in [0.3, 0.4) is 0 Å². The third kappa shape index (κ3) is 5.52. The Labute approximate surface area is 189 Å². The molecule has 3 rings (SSSR count). The molecule has 1 aliphatic rings. The summed E-state index contributed by atoms with van der Waals surface area (Å²) in [6, 6.07) is 6.74. The van der Waals surface area contributed by atoms with Crippen LogP contribution in [0.5, 0.6) is 5.75 Å². The molecule has 9 heteroatoms. The highest BCUT2D eigenvalue weighted by atomic mass is 19.4. The van der Waals surface area contributed by atoms with Crippen LogP contribution in [0.25, 0.3) is 0 Å². The van der Waals surface area contributed by atoms with Gasteiger partial charge in [-0.25, -0.2) is 14.2 Å². The molecule has 0 fully saturated rings. The standard InChI is InChI=1S/C24H26F4N2O3/c1-23(2,3)15-10-17(21(31)24(26,27)28)20(33-4)19(11-15)30-22(32)29-12-13-8-14-6-5-7-18(25)16(14)9-13/h5-7,10-13,21,31H,8-9H2,1-4H3,(H,30,32)/t13?,21-/m1/s1. The maximum Gasteiger partial charge on any atom is 0.418 e. The number of nitrogens with zero attached hydrogens (tertiary/aromatic N) is 1. The predicted octanol–water partition coefficient (Wildman–Crippen LogP) is 5.75. The number of carbonyl (C=O) groups excluding carboxylic acids is 1. The van der Waals surface area contributed by atoms with Gasteiger partial charge in [-0.05, 0) is 53.1 Å². The van der Waals surface area contributed by atoms with Crippen molar-refractivity contribution in [3.63, 3.8) is 0 Å². The molecule has 2 aromatic carbocycles. The number of aliphatic hydroxyl groups is 1. The number of hydrogen-bond donors (Lipinski definition) is 2. The molecular weight excluding hydrogens is 440 g/mol. The van der Waals surface area contributed by atoms with Crippen molar-refractivity contribution in [2.75, 3.05) is 12.4 Å². The zero-order valence-electron chi connectivity index (χ0n) is 18.8. The van der Waals surface area contributed by atoms with Gasteiger partial charge in [-0.3, -0.25) is 0 Å². The second-order valence-electron chi connectivity index (χ2n) is 9.09. The summed E-state index contributed by atoms with van der Waals surface area (Å²) in [6.45, 7) is 5.37. The van der Waals surface area contributed by atoms with E-state index in [0.29, 0.717) is 24.0 Å². The molecule has 0 aliphatic heterocycles. The van der Waals surface area contributed by atoms with Gasteiger partial charge in [0.15, 0.2) is 6.10 Å². The van der Waals surface area contributed by atoms with Crippen LogP contribution in [0.4, 0.5) is 28.0 Å².